The summed E-state index contributed by atoms with van der Waals surface area (Å²) in [5.41, 5.74) is 0.842. The fraction of sp³-hybridized carbons (Fsp3) is 0.333. The van der Waals surface area contributed by atoms with Crippen molar-refractivity contribution in [2.24, 2.45) is 0 Å². The normalized spacial score (nSPS) is 10.4. The lowest BCUT2D eigenvalue weighted by atomic mass is 10.1. The molecular weight excluding hydrogens is 258 g/mol. The number of nitrogens with one attached hydrogen (secondary N) is 1. The summed E-state index contributed by atoms with van der Waals surface area (Å²) >= 11 is 0. The van der Waals surface area contributed by atoms with E-state index in [9.17, 15) is 18.4 Å². The molecule has 0 radical (unpaired) electrons. The third-order valence-electron chi connectivity index (χ3n) is 2.48. The molecule has 1 aromatic rings. The highest BCUT2D eigenvalue weighted by Gasteiger charge is 2.15. The number of halogens is 2. The Morgan fingerprint density at radius 2 is 2.05 bits per heavy atom. The SMILES string of the molecule is Cc1ccc(NC(=O)N(C)CC(F)F)cc1C(=O)O. The molecule has 1 aromatic carbocycles. The van der Waals surface area contributed by atoms with Crippen molar-refractivity contribution >= 4 is 17.7 Å². The molecule has 1 rings (SSSR count). The van der Waals surface area contributed by atoms with Gasteiger partial charge in [0.05, 0.1) is 12.1 Å². The van der Waals surface area contributed by atoms with E-state index < -0.39 is 25.0 Å². The van der Waals surface area contributed by atoms with Gasteiger partial charge in [-0.15, -0.1) is 0 Å². The van der Waals surface area contributed by atoms with Crippen molar-refractivity contribution in [2.75, 3.05) is 18.9 Å². The van der Waals surface area contributed by atoms with Gasteiger partial charge in [0.1, 0.15) is 0 Å². The van der Waals surface area contributed by atoms with Crippen LogP contribution in [0.4, 0.5) is 19.3 Å². The van der Waals surface area contributed by atoms with Crippen LogP contribution in [0.15, 0.2) is 18.2 Å². The third-order valence-corrected chi connectivity index (χ3v) is 2.48. The molecule has 0 atom stereocenters. The van der Waals surface area contributed by atoms with Gasteiger partial charge in [-0.25, -0.2) is 18.4 Å². The van der Waals surface area contributed by atoms with E-state index in [2.05, 4.69) is 5.32 Å². The quantitative estimate of drug-likeness (QED) is 0.884. The number of urea groups is 1. The van der Waals surface area contributed by atoms with Gasteiger partial charge in [0, 0.05) is 12.7 Å². The molecule has 7 heteroatoms. The molecule has 19 heavy (non-hydrogen) atoms. The lowest BCUT2D eigenvalue weighted by molar-refractivity contribution is 0.0696. The predicted octanol–water partition coefficient (Wildman–Crippen LogP) is 2.42. The smallest absolute Gasteiger partial charge is 0.336 e. The molecule has 0 aliphatic rings. The number of aromatic carboxylic acids is 1. The van der Waals surface area contributed by atoms with Gasteiger partial charge in [-0.05, 0) is 24.6 Å². The molecule has 0 spiro atoms. The summed E-state index contributed by atoms with van der Waals surface area (Å²) in [5, 5.41) is 11.3. The average Bonchev–Trinajstić information content (AvgIpc) is 2.30. The summed E-state index contributed by atoms with van der Waals surface area (Å²) in [7, 11) is 1.23. The van der Waals surface area contributed by atoms with Crippen molar-refractivity contribution < 1.29 is 23.5 Å². The monoisotopic (exact) mass is 272 g/mol. The number of anilines is 1. The number of hydrogen-bond donors (Lipinski definition) is 2. The first kappa shape index (κ1) is 14.9. The fourth-order valence-corrected chi connectivity index (χ4v) is 1.44. The van der Waals surface area contributed by atoms with Gasteiger partial charge in [-0.1, -0.05) is 6.07 Å². The first-order valence-electron chi connectivity index (χ1n) is 5.45. The summed E-state index contributed by atoms with van der Waals surface area (Å²) in [6.45, 7) is 0.932. The van der Waals surface area contributed by atoms with Crippen LogP contribution in [0.3, 0.4) is 0 Å². The van der Waals surface area contributed by atoms with Gasteiger partial charge < -0.3 is 15.3 Å². The van der Waals surface area contributed by atoms with Gasteiger partial charge in [0.15, 0.2) is 0 Å². The van der Waals surface area contributed by atoms with Gasteiger partial charge in [-0.2, -0.15) is 0 Å². The summed E-state index contributed by atoms with van der Waals surface area (Å²) in [6, 6.07) is 3.61. The van der Waals surface area contributed by atoms with Gasteiger partial charge >= 0.3 is 12.0 Å². The average molecular weight is 272 g/mol. The molecule has 0 bridgehead atoms. The number of carboxylic acids is 1. The zero-order valence-electron chi connectivity index (χ0n) is 10.5. The molecule has 2 amide bonds. The second-order valence-corrected chi connectivity index (χ2v) is 4.04. The predicted molar refractivity (Wildman–Crippen MR) is 65.8 cm³/mol. The molecule has 5 nitrogen and oxygen atoms in total. The minimum Gasteiger partial charge on any atom is -0.478 e. The van der Waals surface area contributed by atoms with Gasteiger partial charge in [0.25, 0.3) is 6.43 Å². The molecular formula is C12H14F2N2O3. The number of carbonyl (C=O) groups is 2. The largest absolute Gasteiger partial charge is 0.478 e. The standard InChI is InChI=1S/C12H14F2N2O3/c1-7-3-4-8(5-9(7)11(17)18)15-12(19)16(2)6-10(13)14/h3-5,10H,6H2,1-2H3,(H,15,19)(H,17,18). The van der Waals surface area contributed by atoms with Crippen LogP contribution in [-0.2, 0) is 0 Å². The molecule has 0 aliphatic heterocycles. The Bertz CT molecular complexity index is 492. The van der Waals surface area contributed by atoms with Crippen LogP contribution in [-0.4, -0.2) is 42.0 Å². The van der Waals surface area contributed by atoms with Crippen molar-refractivity contribution in [2.45, 2.75) is 13.3 Å². The highest BCUT2D eigenvalue weighted by atomic mass is 19.3. The first-order chi connectivity index (χ1) is 8.81. The Hall–Kier alpha value is -2.18. The number of nitrogens with zero attached hydrogens (tertiary/aromatic N) is 1. The topological polar surface area (TPSA) is 69.6 Å². The van der Waals surface area contributed by atoms with Crippen LogP contribution in [0.5, 0.6) is 0 Å². The van der Waals surface area contributed by atoms with Gasteiger partial charge in [-0.3, -0.25) is 0 Å². The maximum atomic E-state index is 12.1. The molecule has 0 unspecified atom stereocenters. The molecule has 2 N–H and O–H groups in total. The minimum absolute atomic E-state index is 0.0503. The number of aryl methyl sites for hydroxylation is 1. The fourth-order valence-electron chi connectivity index (χ4n) is 1.44. The highest BCUT2D eigenvalue weighted by Crippen LogP contribution is 2.15. The number of amides is 2. The van der Waals surface area contributed by atoms with E-state index in [0.29, 0.717) is 5.56 Å². The van der Waals surface area contributed by atoms with Gasteiger partial charge in [0.2, 0.25) is 0 Å². The Kier molecular flexibility index (Phi) is 4.80. The number of rotatable bonds is 4. The van der Waals surface area contributed by atoms with Crippen LogP contribution in [0, 0.1) is 6.92 Å². The van der Waals surface area contributed by atoms with Crippen molar-refractivity contribution in [1.29, 1.82) is 0 Å². The number of hydrogen-bond acceptors (Lipinski definition) is 2. The minimum atomic E-state index is -2.62. The Labute approximate surface area is 108 Å². The lowest BCUT2D eigenvalue weighted by Gasteiger charge is -2.17. The number of alkyl halides is 2. The van der Waals surface area contributed by atoms with E-state index >= 15 is 0 Å². The van der Waals surface area contributed by atoms with E-state index in [0.717, 1.165) is 4.90 Å². The Morgan fingerprint density at radius 3 is 2.58 bits per heavy atom. The zero-order valence-corrected chi connectivity index (χ0v) is 10.5. The number of carboxylic acid groups (broad SMARTS) is 1. The summed E-state index contributed by atoms with van der Waals surface area (Å²) < 4.78 is 24.2. The Morgan fingerprint density at radius 1 is 1.42 bits per heavy atom. The summed E-state index contributed by atoms with van der Waals surface area (Å²) in [4.78, 5) is 23.3. The maximum absolute atomic E-state index is 12.1. The van der Waals surface area contributed by atoms with Crippen LogP contribution in [0.1, 0.15) is 15.9 Å². The van der Waals surface area contributed by atoms with Crippen molar-refractivity contribution in [3.63, 3.8) is 0 Å². The number of carbonyl (C=O) groups excluding carboxylic acids is 1. The van der Waals surface area contributed by atoms with Crippen LogP contribution >= 0.6 is 0 Å². The molecule has 0 heterocycles. The van der Waals surface area contributed by atoms with Crippen LogP contribution < -0.4 is 5.32 Å². The summed E-state index contributed by atoms with van der Waals surface area (Å²) in [5.74, 6) is -1.12. The molecule has 0 fully saturated rings. The molecule has 0 aromatic heterocycles. The maximum Gasteiger partial charge on any atom is 0.336 e. The first-order valence-corrected chi connectivity index (χ1v) is 5.45. The van der Waals surface area contributed by atoms with E-state index in [1.165, 1.54) is 25.2 Å². The van der Waals surface area contributed by atoms with Crippen molar-refractivity contribution in [1.82, 2.24) is 4.90 Å². The summed E-state index contributed by atoms with van der Waals surface area (Å²) in [6.07, 6.45) is -2.62. The lowest BCUT2D eigenvalue weighted by Crippen LogP contribution is -2.34. The third kappa shape index (κ3) is 4.20. The second kappa shape index (κ2) is 6.12. The highest BCUT2D eigenvalue weighted by molar-refractivity contribution is 5.94. The number of benzene rings is 1. The molecule has 104 valence electrons. The molecule has 0 saturated carbocycles. The van der Waals surface area contributed by atoms with E-state index in [-0.39, 0.29) is 11.3 Å². The second-order valence-electron chi connectivity index (χ2n) is 4.04. The van der Waals surface area contributed by atoms with Crippen molar-refractivity contribution in [3.8, 4) is 0 Å². The van der Waals surface area contributed by atoms with E-state index in [4.69, 9.17) is 5.11 Å². The zero-order chi connectivity index (χ0) is 14.6. The van der Waals surface area contributed by atoms with Crippen molar-refractivity contribution in [3.05, 3.63) is 29.3 Å². The van der Waals surface area contributed by atoms with E-state index in [1.54, 1.807) is 6.92 Å². The van der Waals surface area contributed by atoms with Crippen LogP contribution in [0.25, 0.3) is 0 Å². The van der Waals surface area contributed by atoms with E-state index in [1.807, 2.05) is 0 Å². The molecule has 0 saturated heterocycles. The Balaban J connectivity index is 2.80. The molecule has 0 aliphatic carbocycles. The van der Waals surface area contributed by atoms with Crippen LogP contribution in [0.2, 0.25) is 0 Å².